The molecule has 0 spiro atoms. The Morgan fingerprint density at radius 1 is 1.21 bits per heavy atom. The van der Waals surface area contributed by atoms with Gasteiger partial charge in [0.2, 0.25) is 0 Å². The Balaban J connectivity index is 1.81. The smallest absolute Gasteiger partial charge is 0.308 e. The van der Waals surface area contributed by atoms with Crippen LogP contribution in [0.15, 0.2) is 24.3 Å². The van der Waals surface area contributed by atoms with Gasteiger partial charge in [0.05, 0.1) is 5.92 Å². The third-order valence-corrected chi connectivity index (χ3v) is 4.88. The summed E-state index contributed by atoms with van der Waals surface area (Å²) in [4.78, 5) is 26.9. The van der Waals surface area contributed by atoms with Crippen LogP contribution in [0.1, 0.15) is 56.1 Å². The number of hydrogen-bond donors (Lipinski definition) is 3. The zero-order chi connectivity index (χ0) is 17.5. The minimum absolute atomic E-state index is 0.0419. The van der Waals surface area contributed by atoms with Gasteiger partial charge < -0.3 is 15.4 Å². The summed E-state index contributed by atoms with van der Waals surface area (Å²) >= 11 is 0. The molecule has 1 amide bonds. The Labute approximate surface area is 141 Å². The van der Waals surface area contributed by atoms with E-state index in [0.29, 0.717) is 12.1 Å². The minimum Gasteiger partial charge on any atom is -0.481 e. The van der Waals surface area contributed by atoms with Crippen molar-refractivity contribution in [3.63, 3.8) is 0 Å². The monoisotopic (exact) mass is 328 g/mol. The molecule has 5 nitrogen and oxygen atoms in total. The molecule has 3 N–H and O–H groups in total. The Morgan fingerprint density at radius 2 is 1.96 bits per heavy atom. The van der Waals surface area contributed by atoms with E-state index in [4.69, 9.17) is 0 Å². The fourth-order valence-corrected chi connectivity index (χ4v) is 3.39. The van der Waals surface area contributed by atoms with E-state index in [1.807, 2.05) is 12.1 Å². The lowest BCUT2D eigenvalue weighted by molar-refractivity contribution is -0.142. The van der Waals surface area contributed by atoms with Crippen molar-refractivity contribution in [3.8, 4) is 0 Å². The van der Waals surface area contributed by atoms with Crippen molar-refractivity contribution in [2.75, 3.05) is 0 Å². The van der Waals surface area contributed by atoms with E-state index in [0.717, 1.165) is 23.7 Å². The molecule has 1 heterocycles. The molecule has 1 saturated carbocycles. The van der Waals surface area contributed by atoms with Crippen molar-refractivity contribution in [2.45, 2.75) is 51.5 Å². The third-order valence-electron chi connectivity index (χ3n) is 4.88. The standard InChI is InChI=1S/C19H24N2O3/c1-19(2,3)12-8-7-11-9-16(20-15(11)10-12)17(22)21-14-6-4-5-13(14)18(23)24/h7-10,13-14,20H,4-6H2,1-3H3,(H,21,22)(H,23,24)/t13-,14+/m0/s1. The van der Waals surface area contributed by atoms with Gasteiger partial charge in [-0.2, -0.15) is 0 Å². The van der Waals surface area contributed by atoms with Crippen LogP contribution in [0.4, 0.5) is 0 Å². The third kappa shape index (κ3) is 3.16. The molecule has 1 aliphatic rings. The van der Waals surface area contributed by atoms with E-state index in [1.165, 1.54) is 5.56 Å². The zero-order valence-corrected chi connectivity index (χ0v) is 14.3. The number of H-pyrrole nitrogens is 1. The number of carboxylic acid groups (broad SMARTS) is 1. The van der Waals surface area contributed by atoms with Gasteiger partial charge in [0.25, 0.3) is 5.91 Å². The number of rotatable bonds is 3. The van der Waals surface area contributed by atoms with Crippen molar-refractivity contribution in [3.05, 3.63) is 35.5 Å². The van der Waals surface area contributed by atoms with Crippen molar-refractivity contribution in [2.24, 2.45) is 5.92 Å². The van der Waals surface area contributed by atoms with Crippen LogP contribution in [-0.2, 0) is 10.2 Å². The average molecular weight is 328 g/mol. The van der Waals surface area contributed by atoms with Crippen molar-refractivity contribution in [1.82, 2.24) is 10.3 Å². The highest BCUT2D eigenvalue weighted by atomic mass is 16.4. The van der Waals surface area contributed by atoms with Crippen LogP contribution < -0.4 is 5.32 Å². The Hall–Kier alpha value is -2.30. The number of hydrogen-bond acceptors (Lipinski definition) is 2. The summed E-state index contributed by atoms with van der Waals surface area (Å²) in [6.07, 6.45) is 2.18. The van der Waals surface area contributed by atoms with Gasteiger partial charge in [-0.15, -0.1) is 0 Å². The second-order valence-corrected chi connectivity index (χ2v) is 7.69. The molecule has 2 aromatic rings. The molecule has 24 heavy (non-hydrogen) atoms. The molecule has 3 rings (SSSR count). The maximum absolute atomic E-state index is 12.5. The molecule has 1 aromatic heterocycles. The summed E-state index contributed by atoms with van der Waals surface area (Å²) in [6, 6.07) is 7.70. The van der Waals surface area contributed by atoms with Crippen LogP contribution in [0.5, 0.6) is 0 Å². The van der Waals surface area contributed by atoms with Gasteiger partial charge in [0.15, 0.2) is 0 Å². The number of fused-ring (bicyclic) bond motifs is 1. The molecule has 0 radical (unpaired) electrons. The number of benzene rings is 1. The van der Waals surface area contributed by atoms with Gasteiger partial charge in [-0.05, 0) is 36.0 Å². The summed E-state index contributed by atoms with van der Waals surface area (Å²) in [5.41, 5.74) is 2.65. The molecule has 2 atom stereocenters. The number of carbonyl (C=O) groups is 2. The molecular weight excluding hydrogens is 304 g/mol. The first-order chi connectivity index (χ1) is 11.3. The van der Waals surface area contributed by atoms with Crippen molar-refractivity contribution < 1.29 is 14.7 Å². The van der Waals surface area contributed by atoms with Crippen LogP contribution in [0.3, 0.4) is 0 Å². The topological polar surface area (TPSA) is 82.2 Å². The van der Waals surface area contributed by atoms with Crippen LogP contribution in [0.2, 0.25) is 0 Å². The predicted molar refractivity (Wildman–Crippen MR) is 93.2 cm³/mol. The average Bonchev–Trinajstić information content (AvgIpc) is 3.11. The highest BCUT2D eigenvalue weighted by Crippen LogP contribution is 2.28. The molecule has 0 saturated heterocycles. The van der Waals surface area contributed by atoms with Gasteiger partial charge in [0.1, 0.15) is 5.69 Å². The zero-order valence-electron chi connectivity index (χ0n) is 14.3. The van der Waals surface area contributed by atoms with E-state index in [2.05, 4.69) is 43.2 Å². The summed E-state index contributed by atoms with van der Waals surface area (Å²) in [5.74, 6) is -1.54. The van der Waals surface area contributed by atoms with E-state index in [1.54, 1.807) is 0 Å². The molecule has 0 aliphatic heterocycles. The Bertz CT molecular complexity index is 785. The predicted octanol–water partition coefficient (Wildman–Crippen LogP) is 3.45. The van der Waals surface area contributed by atoms with E-state index in [-0.39, 0.29) is 17.4 Å². The number of carbonyl (C=O) groups excluding carboxylic acids is 1. The van der Waals surface area contributed by atoms with E-state index in [9.17, 15) is 14.7 Å². The van der Waals surface area contributed by atoms with Crippen LogP contribution >= 0.6 is 0 Å². The molecule has 1 fully saturated rings. The molecule has 0 unspecified atom stereocenters. The van der Waals surface area contributed by atoms with E-state index < -0.39 is 11.9 Å². The molecule has 5 heteroatoms. The molecule has 1 aliphatic carbocycles. The maximum Gasteiger partial charge on any atom is 0.308 e. The number of aromatic amines is 1. The van der Waals surface area contributed by atoms with Gasteiger partial charge in [-0.25, -0.2) is 0 Å². The minimum atomic E-state index is -0.829. The first kappa shape index (κ1) is 16.6. The molecule has 128 valence electrons. The number of amides is 1. The van der Waals surface area contributed by atoms with E-state index >= 15 is 0 Å². The largest absolute Gasteiger partial charge is 0.481 e. The van der Waals surface area contributed by atoms with Crippen molar-refractivity contribution >= 4 is 22.8 Å². The summed E-state index contributed by atoms with van der Waals surface area (Å²) in [7, 11) is 0. The first-order valence-corrected chi connectivity index (χ1v) is 8.42. The molecular formula is C19H24N2O3. The second kappa shape index (κ2) is 5.96. The van der Waals surface area contributed by atoms with Crippen LogP contribution in [-0.4, -0.2) is 28.0 Å². The maximum atomic E-state index is 12.5. The van der Waals surface area contributed by atoms with Gasteiger partial charge in [-0.1, -0.05) is 39.3 Å². The fourth-order valence-electron chi connectivity index (χ4n) is 3.39. The van der Waals surface area contributed by atoms with Gasteiger partial charge in [-0.3, -0.25) is 9.59 Å². The quantitative estimate of drug-likeness (QED) is 0.807. The van der Waals surface area contributed by atoms with Crippen LogP contribution in [0, 0.1) is 5.92 Å². The number of aliphatic carboxylic acids is 1. The van der Waals surface area contributed by atoms with Gasteiger partial charge in [0, 0.05) is 16.9 Å². The summed E-state index contributed by atoms with van der Waals surface area (Å²) < 4.78 is 0. The van der Waals surface area contributed by atoms with Crippen molar-refractivity contribution in [1.29, 1.82) is 0 Å². The van der Waals surface area contributed by atoms with Gasteiger partial charge >= 0.3 is 5.97 Å². The SMILES string of the molecule is CC(C)(C)c1ccc2cc(C(=O)N[C@@H]3CCC[C@@H]3C(=O)O)[nH]c2c1. The number of aromatic nitrogens is 1. The molecule has 0 bridgehead atoms. The first-order valence-electron chi connectivity index (χ1n) is 8.42. The van der Waals surface area contributed by atoms with Crippen LogP contribution in [0.25, 0.3) is 10.9 Å². The fraction of sp³-hybridized carbons (Fsp3) is 0.474. The summed E-state index contributed by atoms with van der Waals surface area (Å²) in [6.45, 7) is 6.45. The lowest BCUT2D eigenvalue weighted by atomic mass is 9.87. The second-order valence-electron chi connectivity index (χ2n) is 7.69. The highest BCUT2D eigenvalue weighted by Gasteiger charge is 2.34. The number of carboxylic acids is 1. The highest BCUT2D eigenvalue weighted by molar-refractivity contribution is 5.98. The summed E-state index contributed by atoms with van der Waals surface area (Å²) in [5, 5.41) is 13.1. The lowest BCUT2D eigenvalue weighted by Crippen LogP contribution is -2.40. The Morgan fingerprint density at radius 3 is 2.62 bits per heavy atom. The number of nitrogens with one attached hydrogen (secondary N) is 2. The normalized spacial score (nSPS) is 21.1. The molecule has 1 aromatic carbocycles. The Kier molecular flexibility index (Phi) is 4.11. The lowest BCUT2D eigenvalue weighted by Gasteiger charge is -2.18.